The van der Waals surface area contributed by atoms with Gasteiger partial charge in [-0.25, -0.2) is 0 Å². The molecular weight excluding hydrogens is 685 g/mol. The number of esters is 3. The maximum absolute atomic E-state index is 12.7. The highest BCUT2D eigenvalue weighted by atomic mass is 16.6. The molecule has 0 aliphatic heterocycles. The topological polar surface area (TPSA) is 78.9 Å². The van der Waals surface area contributed by atoms with Gasteiger partial charge in [0.15, 0.2) is 6.10 Å². The van der Waals surface area contributed by atoms with Crippen LogP contribution in [0.1, 0.15) is 272 Å². The predicted molar refractivity (Wildman–Crippen MR) is 233 cm³/mol. The monoisotopic (exact) mass is 779 g/mol. The highest BCUT2D eigenvalue weighted by Gasteiger charge is 2.19. The van der Waals surface area contributed by atoms with E-state index in [-0.39, 0.29) is 31.1 Å². The summed E-state index contributed by atoms with van der Waals surface area (Å²) in [4.78, 5) is 37.7. The number of unbranched alkanes of at least 4 members (excludes halogenated alkanes) is 31. The van der Waals surface area contributed by atoms with E-state index >= 15 is 0 Å². The van der Waals surface area contributed by atoms with E-state index in [1.165, 1.54) is 167 Å². The van der Waals surface area contributed by atoms with Crippen LogP contribution in [0.15, 0.2) is 0 Å². The molecule has 55 heavy (non-hydrogen) atoms. The lowest BCUT2D eigenvalue weighted by Crippen LogP contribution is -2.30. The SMILES string of the molecule is CCCCCCCCCCCCC(=O)O[C@H](COC(=O)CCCCCCCCCCC)COC(=O)CCCCCCCCCCCCCCCCCC(C)C. The molecule has 0 unspecified atom stereocenters. The van der Waals surface area contributed by atoms with Gasteiger partial charge >= 0.3 is 17.9 Å². The van der Waals surface area contributed by atoms with Crippen LogP contribution in [0.4, 0.5) is 0 Å². The van der Waals surface area contributed by atoms with Crippen molar-refractivity contribution in [3.8, 4) is 0 Å². The van der Waals surface area contributed by atoms with E-state index in [2.05, 4.69) is 27.7 Å². The quantitative estimate of drug-likeness (QED) is 0.0348. The zero-order valence-corrected chi connectivity index (χ0v) is 37.4. The molecular formula is C49H94O6. The summed E-state index contributed by atoms with van der Waals surface area (Å²) in [6.45, 7) is 9.00. The number of hydrogen-bond acceptors (Lipinski definition) is 6. The molecule has 0 aliphatic rings. The van der Waals surface area contributed by atoms with Crippen LogP contribution in [0.3, 0.4) is 0 Å². The Kier molecular flexibility index (Phi) is 42.3. The summed E-state index contributed by atoms with van der Waals surface area (Å²) < 4.78 is 16.7. The molecule has 0 aromatic carbocycles. The zero-order valence-electron chi connectivity index (χ0n) is 37.4. The van der Waals surface area contributed by atoms with Gasteiger partial charge in [-0.1, -0.05) is 233 Å². The van der Waals surface area contributed by atoms with E-state index in [4.69, 9.17) is 14.2 Å². The van der Waals surface area contributed by atoms with Crippen LogP contribution in [0, 0.1) is 5.92 Å². The highest BCUT2D eigenvalue weighted by molar-refractivity contribution is 5.71. The molecule has 0 saturated carbocycles. The molecule has 326 valence electrons. The molecule has 0 rings (SSSR count). The maximum atomic E-state index is 12.7. The second kappa shape index (κ2) is 43.5. The summed E-state index contributed by atoms with van der Waals surface area (Å²) >= 11 is 0. The minimum absolute atomic E-state index is 0.0633. The molecule has 0 aromatic heterocycles. The van der Waals surface area contributed by atoms with Crippen LogP contribution in [0.5, 0.6) is 0 Å². The first kappa shape index (κ1) is 53.4. The molecule has 0 fully saturated rings. The summed E-state index contributed by atoms with van der Waals surface area (Å²) in [5, 5.41) is 0. The van der Waals surface area contributed by atoms with Crippen LogP contribution in [-0.4, -0.2) is 37.2 Å². The molecule has 0 spiro atoms. The van der Waals surface area contributed by atoms with Gasteiger partial charge in [0, 0.05) is 19.3 Å². The third-order valence-corrected chi connectivity index (χ3v) is 11.0. The summed E-state index contributed by atoms with van der Waals surface area (Å²) in [7, 11) is 0. The van der Waals surface area contributed by atoms with Gasteiger partial charge < -0.3 is 14.2 Å². The molecule has 0 amide bonds. The van der Waals surface area contributed by atoms with Crippen molar-refractivity contribution < 1.29 is 28.6 Å². The van der Waals surface area contributed by atoms with Crippen molar-refractivity contribution in [1.82, 2.24) is 0 Å². The van der Waals surface area contributed by atoms with Gasteiger partial charge in [0.25, 0.3) is 0 Å². The average molecular weight is 779 g/mol. The van der Waals surface area contributed by atoms with E-state index in [1.54, 1.807) is 0 Å². The van der Waals surface area contributed by atoms with Crippen molar-refractivity contribution in [3.05, 3.63) is 0 Å². The first-order valence-corrected chi connectivity index (χ1v) is 24.4. The smallest absolute Gasteiger partial charge is 0.306 e. The van der Waals surface area contributed by atoms with Crippen LogP contribution in [0.25, 0.3) is 0 Å². The minimum Gasteiger partial charge on any atom is -0.462 e. The Labute approximate surface area is 342 Å². The van der Waals surface area contributed by atoms with Crippen molar-refractivity contribution >= 4 is 17.9 Å². The number of carbonyl (C=O) groups is 3. The zero-order chi connectivity index (χ0) is 40.3. The minimum atomic E-state index is -0.758. The van der Waals surface area contributed by atoms with Gasteiger partial charge in [0.05, 0.1) is 0 Å². The summed E-state index contributed by atoms with van der Waals surface area (Å²) in [5.41, 5.74) is 0. The number of carbonyl (C=O) groups excluding carboxylic acids is 3. The fraction of sp³-hybridized carbons (Fsp3) is 0.939. The van der Waals surface area contributed by atoms with Crippen molar-refractivity contribution in [1.29, 1.82) is 0 Å². The first-order valence-electron chi connectivity index (χ1n) is 24.4. The predicted octanol–water partition coefficient (Wildman–Crippen LogP) is 15.5. The van der Waals surface area contributed by atoms with Gasteiger partial charge in [0.2, 0.25) is 0 Å². The molecule has 0 bridgehead atoms. The van der Waals surface area contributed by atoms with Crippen LogP contribution in [0.2, 0.25) is 0 Å². The van der Waals surface area contributed by atoms with Crippen molar-refractivity contribution in [2.45, 2.75) is 278 Å². The molecule has 0 aromatic rings. The van der Waals surface area contributed by atoms with Crippen LogP contribution in [-0.2, 0) is 28.6 Å². The number of hydrogen-bond donors (Lipinski definition) is 0. The van der Waals surface area contributed by atoms with Gasteiger partial charge in [-0.05, 0) is 25.2 Å². The average Bonchev–Trinajstić information content (AvgIpc) is 3.17. The Hall–Kier alpha value is -1.59. The Morgan fingerprint density at radius 1 is 0.345 bits per heavy atom. The van der Waals surface area contributed by atoms with Crippen molar-refractivity contribution in [3.63, 3.8) is 0 Å². The normalized spacial score (nSPS) is 11.9. The molecule has 0 heterocycles. The maximum Gasteiger partial charge on any atom is 0.306 e. The standard InChI is InChI=1S/C49H94O6/c1-5-7-9-11-13-15-25-30-34-38-42-49(52)55-46(43-53-47(50)40-36-32-28-23-14-12-10-8-6-2)44-54-48(51)41-37-33-29-26-22-20-18-16-17-19-21-24-27-31-35-39-45(3)4/h45-46H,5-44H2,1-4H3/t46-/m1/s1. The lowest BCUT2D eigenvalue weighted by atomic mass is 10.0. The van der Waals surface area contributed by atoms with Gasteiger partial charge in [-0.3, -0.25) is 14.4 Å². The second-order valence-corrected chi connectivity index (χ2v) is 17.2. The van der Waals surface area contributed by atoms with E-state index in [0.717, 1.165) is 63.7 Å². The fourth-order valence-corrected chi connectivity index (χ4v) is 7.33. The largest absolute Gasteiger partial charge is 0.462 e. The summed E-state index contributed by atoms with van der Waals surface area (Å²) in [6.07, 6.45) is 43.8. The van der Waals surface area contributed by atoms with Gasteiger partial charge in [0.1, 0.15) is 13.2 Å². The molecule has 0 saturated heterocycles. The molecule has 6 nitrogen and oxygen atoms in total. The third kappa shape index (κ3) is 43.4. The Morgan fingerprint density at radius 3 is 0.891 bits per heavy atom. The van der Waals surface area contributed by atoms with Crippen LogP contribution >= 0.6 is 0 Å². The Morgan fingerprint density at radius 2 is 0.600 bits per heavy atom. The van der Waals surface area contributed by atoms with Crippen LogP contribution < -0.4 is 0 Å². The fourth-order valence-electron chi connectivity index (χ4n) is 7.33. The summed E-state index contributed by atoms with van der Waals surface area (Å²) in [5.74, 6) is -0.00377. The van der Waals surface area contributed by atoms with E-state index in [0.29, 0.717) is 19.3 Å². The molecule has 0 aliphatic carbocycles. The highest BCUT2D eigenvalue weighted by Crippen LogP contribution is 2.17. The van der Waals surface area contributed by atoms with E-state index in [9.17, 15) is 14.4 Å². The van der Waals surface area contributed by atoms with Gasteiger partial charge in [-0.2, -0.15) is 0 Å². The third-order valence-electron chi connectivity index (χ3n) is 11.0. The Balaban J connectivity index is 4.21. The second-order valence-electron chi connectivity index (χ2n) is 17.2. The summed E-state index contributed by atoms with van der Waals surface area (Å²) in [6, 6.07) is 0. The molecule has 0 radical (unpaired) electrons. The van der Waals surface area contributed by atoms with E-state index < -0.39 is 6.10 Å². The first-order chi connectivity index (χ1) is 26.9. The number of rotatable bonds is 44. The molecule has 1 atom stereocenters. The lowest BCUT2D eigenvalue weighted by Gasteiger charge is -2.18. The van der Waals surface area contributed by atoms with E-state index in [1.807, 2.05) is 0 Å². The number of ether oxygens (including phenoxy) is 3. The Bertz CT molecular complexity index is 826. The molecule has 6 heteroatoms. The molecule has 0 N–H and O–H groups in total. The van der Waals surface area contributed by atoms with Gasteiger partial charge in [-0.15, -0.1) is 0 Å². The van der Waals surface area contributed by atoms with Crippen molar-refractivity contribution in [2.75, 3.05) is 13.2 Å². The lowest BCUT2D eigenvalue weighted by molar-refractivity contribution is -0.167. The van der Waals surface area contributed by atoms with Crippen molar-refractivity contribution in [2.24, 2.45) is 5.92 Å².